The van der Waals surface area contributed by atoms with Gasteiger partial charge in [-0.25, -0.2) is 0 Å². The molecule has 36 heavy (non-hydrogen) atoms. The highest BCUT2D eigenvalue weighted by atomic mass is 32.1. The smallest absolute Gasteiger partial charge is 0.453 e. The molecule has 10 heteroatoms. The molecular formula is C26H22F3NO5S. The predicted octanol–water partition coefficient (Wildman–Crippen LogP) is 6.46. The Hall–Kier alpha value is -3.50. The zero-order chi connectivity index (χ0) is 25.3. The molecule has 2 aromatic heterocycles. The summed E-state index contributed by atoms with van der Waals surface area (Å²) in [7, 11) is 0. The van der Waals surface area contributed by atoms with E-state index in [1.165, 1.54) is 17.0 Å². The fourth-order valence-corrected chi connectivity index (χ4v) is 4.76. The molecule has 1 aliphatic rings. The second-order valence-electron chi connectivity index (χ2n) is 8.14. The summed E-state index contributed by atoms with van der Waals surface area (Å²) in [5.74, 6) is -1.85. The Morgan fingerprint density at radius 3 is 2.61 bits per heavy atom. The zero-order valence-electron chi connectivity index (χ0n) is 19.3. The van der Waals surface area contributed by atoms with E-state index >= 15 is 0 Å². The van der Waals surface area contributed by atoms with Gasteiger partial charge in [-0.2, -0.15) is 13.2 Å². The summed E-state index contributed by atoms with van der Waals surface area (Å²) in [5.41, 5.74) is -0.682. The average Bonchev–Trinajstić information content (AvgIpc) is 3.38. The van der Waals surface area contributed by atoms with E-state index in [2.05, 4.69) is 0 Å². The maximum Gasteiger partial charge on any atom is 0.453 e. The summed E-state index contributed by atoms with van der Waals surface area (Å²) in [4.78, 5) is 16.5. The number of para-hydroxylation sites is 2. The molecule has 188 valence electrons. The molecule has 0 fully saturated rings. The van der Waals surface area contributed by atoms with Crippen molar-refractivity contribution in [2.45, 2.75) is 26.1 Å². The van der Waals surface area contributed by atoms with Crippen LogP contribution in [0.1, 0.15) is 23.1 Å². The van der Waals surface area contributed by atoms with E-state index in [0.717, 1.165) is 6.42 Å². The van der Waals surface area contributed by atoms with Crippen molar-refractivity contribution in [1.82, 2.24) is 4.90 Å². The largest absolute Gasteiger partial charge is 0.490 e. The van der Waals surface area contributed by atoms with E-state index in [1.807, 2.05) is 22.4 Å². The Balaban J connectivity index is 1.56. The van der Waals surface area contributed by atoms with Gasteiger partial charge in [0.2, 0.25) is 11.2 Å². The topological polar surface area (TPSA) is 61.1 Å². The van der Waals surface area contributed by atoms with Gasteiger partial charge in [-0.15, -0.1) is 11.3 Å². The summed E-state index contributed by atoms with van der Waals surface area (Å²) in [6.07, 6.45) is -4.20. The molecule has 0 N–H and O–H groups in total. The van der Waals surface area contributed by atoms with Crippen LogP contribution >= 0.6 is 11.3 Å². The molecule has 0 aliphatic carbocycles. The molecule has 2 aromatic carbocycles. The Kier molecular flexibility index (Phi) is 6.63. The fraction of sp³-hybridized carbons (Fsp3) is 0.269. The highest BCUT2D eigenvalue weighted by molar-refractivity contribution is 7.09. The first kappa shape index (κ1) is 24.2. The van der Waals surface area contributed by atoms with Crippen molar-refractivity contribution in [1.29, 1.82) is 0 Å². The van der Waals surface area contributed by atoms with Gasteiger partial charge in [0, 0.05) is 18.0 Å². The highest BCUT2D eigenvalue weighted by Gasteiger charge is 2.41. The van der Waals surface area contributed by atoms with Crippen LogP contribution in [0.15, 0.2) is 63.1 Å². The Morgan fingerprint density at radius 1 is 1.08 bits per heavy atom. The van der Waals surface area contributed by atoms with E-state index in [0.29, 0.717) is 17.9 Å². The number of benzene rings is 2. The Labute approximate surface area is 208 Å². The van der Waals surface area contributed by atoms with Crippen LogP contribution in [0.25, 0.3) is 11.0 Å². The maximum absolute atomic E-state index is 14.1. The van der Waals surface area contributed by atoms with E-state index in [1.54, 1.807) is 42.5 Å². The van der Waals surface area contributed by atoms with Gasteiger partial charge in [0.05, 0.1) is 17.6 Å². The Morgan fingerprint density at radius 2 is 1.89 bits per heavy atom. The van der Waals surface area contributed by atoms with Gasteiger partial charge in [-0.05, 0) is 49.1 Å². The standard InChI is InChI=1S/C26H22F3NO5S/c1-2-32-20-7-3-4-8-21(20)34-24-22(31)17-9-10-19-18(23(17)35-25(24)26(27,28)29)14-30(15-33-19)12-11-16-6-5-13-36-16/h3-10,13H,2,11-12,14-15H2,1H3. The number of halogens is 3. The lowest BCUT2D eigenvalue weighted by Gasteiger charge is -2.29. The molecule has 4 aromatic rings. The minimum absolute atomic E-state index is 0.0162. The molecule has 0 radical (unpaired) electrons. The fourth-order valence-electron chi connectivity index (χ4n) is 4.06. The lowest BCUT2D eigenvalue weighted by Crippen LogP contribution is -2.33. The van der Waals surface area contributed by atoms with Crippen LogP contribution in [0.2, 0.25) is 0 Å². The summed E-state index contributed by atoms with van der Waals surface area (Å²) in [6.45, 7) is 3.22. The molecule has 0 atom stereocenters. The second kappa shape index (κ2) is 9.87. The van der Waals surface area contributed by atoms with Crippen LogP contribution in [-0.4, -0.2) is 24.8 Å². The lowest BCUT2D eigenvalue weighted by molar-refractivity contribution is -0.154. The van der Waals surface area contributed by atoms with Crippen molar-refractivity contribution < 1.29 is 31.8 Å². The van der Waals surface area contributed by atoms with Crippen molar-refractivity contribution in [3.8, 4) is 23.0 Å². The summed E-state index contributed by atoms with van der Waals surface area (Å²) in [6, 6.07) is 13.2. The van der Waals surface area contributed by atoms with E-state index in [4.69, 9.17) is 18.6 Å². The van der Waals surface area contributed by atoms with Crippen molar-refractivity contribution in [3.05, 3.63) is 80.3 Å². The van der Waals surface area contributed by atoms with Gasteiger partial charge < -0.3 is 18.6 Å². The first-order chi connectivity index (χ1) is 17.3. The Bertz CT molecular complexity index is 1430. The van der Waals surface area contributed by atoms with E-state index in [-0.39, 0.29) is 42.4 Å². The normalized spacial score (nSPS) is 13.9. The second-order valence-corrected chi connectivity index (χ2v) is 9.18. The molecule has 0 amide bonds. The summed E-state index contributed by atoms with van der Waals surface area (Å²) in [5, 5.41) is 1.97. The summed E-state index contributed by atoms with van der Waals surface area (Å²) >= 11 is 1.64. The molecule has 3 heterocycles. The number of rotatable bonds is 7. The molecule has 0 saturated heterocycles. The number of thiophene rings is 1. The molecule has 5 rings (SSSR count). The quantitative estimate of drug-likeness (QED) is 0.281. The number of alkyl halides is 3. The van der Waals surface area contributed by atoms with Gasteiger partial charge in [0.25, 0.3) is 5.76 Å². The van der Waals surface area contributed by atoms with Crippen molar-refractivity contribution in [2.24, 2.45) is 0 Å². The highest BCUT2D eigenvalue weighted by Crippen LogP contribution is 2.42. The number of fused-ring (bicyclic) bond motifs is 3. The monoisotopic (exact) mass is 517 g/mol. The molecule has 6 nitrogen and oxygen atoms in total. The van der Waals surface area contributed by atoms with Crippen LogP contribution in [0.5, 0.6) is 23.0 Å². The van der Waals surface area contributed by atoms with Gasteiger partial charge in [0.15, 0.2) is 11.5 Å². The number of hydrogen-bond donors (Lipinski definition) is 0. The molecule has 0 unspecified atom stereocenters. The SMILES string of the molecule is CCOc1ccccc1Oc1c(C(F)(F)F)oc2c3c(ccc2c1=O)OCN(CCc1cccs1)C3. The third-order valence-electron chi connectivity index (χ3n) is 5.74. The zero-order valence-corrected chi connectivity index (χ0v) is 20.1. The van der Waals surface area contributed by atoms with Gasteiger partial charge in [-0.3, -0.25) is 9.69 Å². The van der Waals surface area contributed by atoms with Gasteiger partial charge in [-0.1, -0.05) is 18.2 Å². The van der Waals surface area contributed by atoms with E-state index in [9.17, 15) is 18.0 Å². The molecular weight excluding hydrogens is 495 g/mol. The first-order valence-corrected chi connectivity index (χ1v) is 12.2. The van der Waals surface area contributed by atoms with Crippen molar-refractivity contribution >= 4 is 22.3 Å². The molecule has 1 aliphatic heterocycles. The lowest BCUT2D eigenvalue weighted by atomic mass is 10.1. The van der Waals surface area contributed by atoms with Crippen LogP contribution in [0, 0.1) is 0 Å². The first-order valence-electron chi connectivity index (χ1n) is 11.3. The van der Waals surface area contributed by atoms with Crippen LogP contribution in [0.3, 0.4) is 0 Å². The summed E-state index contributed by atoms with van der Waals surface area (Å²) < 4.78 is 64.5. The third-order valence-corrected chi connectivity index (χ3v) is 6.67. The number of ether oxygens (including phenoxy) is 3. The minimum Gasteiger partial charge on any atom is -0.490 e. The number of nitrogens with zero attached hydrogens (tertiary/aromatic N) is 1. The molecule has 0 saturated carbocycles. The van der Waals surface area contributed by atoms with Crippen LogP contribution in [-0.2, 0) is 19.1 Å². The number of hydrogen-bond acceptors (Lipinski definition) is 7. The maximum atomic E-state index is 14.1. The van der Waals surface area contributed by atoms with E-state index < -0.39 is 23.1 Å². The van der Waals surface area contributed by atoms with Gasteiger partial charge >= 0.3 is 6.18 Å². The molecule has 0 bridgehead atoms. The average molecular weight is 518 g/mol. The van der Waals surface area contributed by atoms with Crippen LogP contribution in [0.4, 0.5) is 13.2 Å². The van der Waals surface area contributed by atoms with Gasteiger partial charge in [0.1, 0.15) is 18.1 Å². The predicted molar refractivity (Wildman–Crippen MR) is 129 cm³/mol. The molecule has 0 spiro atoms. The minimum atomic E-state index is -4.97. The van der Waals surface area contributed by atoms with Crippen molar-refractivity contribution in [2.75, 3.05) is 19.9 Å². The van der Waals surface area contributed by atoms with Crippen LogP contribution < -0.4 is 19.6 Å². The third kappa shape index (κ3) is 4.78. The van der Waals surface area contributed by atoms with Crippen molar-refractivity contribution in [3.63, 3.8) is 0 Å².